The molecule has 3 unspecified atom stereocenters. The first-order valence-electron chi connectivity index (χ1n) is 6.30. The average Bonchev–Trinajstić information content (AvgIpc) is 2.71. The van der Waals surface area contributed by atoms with E-state index in [2.05, 4.69) is 5.32 Å². The maximum atomic E-state index is 12.1. The van der Waals surface area contributed by atoms with Crippen LogP contribution in [0, 0.1) is 17.8 Å². The molecule has 0 aliphatic heterocycles. The summed E-state index contributed by atoms with van der Waals surface area (Å²) >= 11 is 0. The molecule has 1 aliphatic carbocycles. The van der Waals surface area contributed by atoms with Gasteiger partial charge >= 0.3 is 5.97 Å². The van der Waals surface area contributed by atoms with E-state index >= 15 is 0 Å². The second-order valence-corrected chi connectivity index (χ2v) is 5.17. The standard InChI is InChI=1S/C14H17NO4/c1-8-5-11(12(6-8)14(18)19)13(17)15-9-3-2-4-10(16)7-9/h2-4,7-8,11-12,16H,5-6H2,1H3,(H,15,17)(H,18,19). The van der Waals surface area contributed by atoms with Gasteiger partial charge in [0.1, 0.15) is 5.75 Å². The van der Waals surface area contributed by atoms with Crippen molar-refractivity contribution in [1.82, 2.24) is 0 Å². The molecule has 0 bridgehead atoms. The van der Waals surface area contributed by atoms with E-state index in [1.165, 1.54) is 12.1 Å². The zero-order valence-corrected chi connectivity index (χ0v) is 10.7. The van der Waals surface area contributed by atoms with Gasteiger partial charge in [-0.1, -0.05) is 13.0 Å². The summed E-state index contributed by atoms with van der Waals surface area (Å²) in [7, 11) is 0. The van der Waals surface area contributed by atoms with Gasteiger partial charge in [0, 0.05) is 11.8 Å². The third kappa shape index (κ3) is 3.05. The minimum atomic E-state index is -0.916. The number of carboxylic acids is 1. The minimum absolute atomic E-state index is 0.0624. The Labute approximate surface area is 111 Å². The van der Waals surface area contributed by atoms with Crippen LogP contribution in [0.3, 0.4) is 0 Å². The van der Waals surface area contributed by atoms with Crippen molar-refractivity contribution in [3.05, 3.63) is 24.3 Å². The van der Waals surface area contributed by atoms with E-state index < -0.39 is 17.8 Å². The van der Waals surface area contributed by atoms with Crippen LogP contribution in [0.25, 0.3) is 0 Å². The highest BCUT2D eigenvalue weighted by Crippen LogP contribution is 2.37. The Morgan fingerprint density at radius 1 is 1.26 bits per heavy atom. The second kappa shape index (κ2) is 5.30. The summed E-state index contributed by atoms with van der Waals surface area (Å²) in [6, 6.07) is 6.22. The molecule has 1 aromatic rings. The Bertz CT molecular complexity index is 500. The van der Waals surface area contributed by atoms with Crippen LogP contribution in [0.1, 0.15) is 19.8 Å². The smallest absolute Gasteiger partial charge is 0.307 e. The summed E-state index contributed by atoms with van der Waals surface area (Å²) in [6.07, 6.45) is 1.12. The maximum absolute atomic E-state index is 12.1. The van der Waals surface area contributed by atoms with Gasteiger partial charge in [0.05, 0.1) is 11.8 Å². The topological polar surface area (TPSA) is 86.6 Å². The second-order valence-electron chi connectivity index (χ2n) is 5.17. The van der Waals surface area contributed by atoms with E-state index in [4.69, 9.17) is 5.11 Å². The molecule has 0 aromatic heterocycles. The molecular weight excluding hydrogens is 246 g/mol. The van der Waals surface area contributed by atoms with Crippen LogP contribution < -0.4 is 5.32 Å². The molecule has 1 aromatic carbocycles. The SMILES string of the molecule is CC1CC(C(=O)O)C(C(=O)Nc2cccc(O)c2)C1. The van der Waals surface area contributed by atoms with Gasteiger partial charge in [0.25, 0.3) is 0 Å². The minimum Gasteiger partial charge on any atom is -0.508 e. The van der Waals surface area contributed by atoms with Crippen LogP contribution in [0.5, 0.6) is 5.75 Å². The maximum Gasteiger partial charge on any atom is 0.307 e. The molecule has 3 atom stereocenters. The normalized spacial score (nSPS) is 26.1. The van der Waals surface area contributed by atoms with Gasteiger partial charge in [-0.25, -0.2) is 0 Å². The third-order valence-electron chi connectivity index (χ3n) is 3.57. The number of hydrogen-bond acceptors (Lipinski definition) is 3. The number of carboxylic acid groups (broad SMARTS) is 1. The van der Waals surface area contributed by atoms with Gasteiger partial charge in [-0.05, 0) is 30.9 Å². The largest absolute Gasteiger partial charge is 0.508 e. The highest BCUT2D eigenvalue weighted by molar-refractivity contribution is 5.95. The first kappa shape index (κ1) is 13.4. The number of carbonyl (C=O) groups is 2. The summed E-state index contributed by atoms with van der Waals surface area (Å²) < 4.78 is 0. The summed E-state index contributed by atoms with van der Waals surface area (Å²) in [5.74, 6) is -2.03. The molecule has 1 fully saturated rings. The van der Waals surface area contributed by atoms with Crippen LogP contribution >= 0.6 is 0 Å². The lowest BCUT2D eigenvalue weighted by atomic mass is 9.95. The Morgan fingerprint density at radius 2 is 1.95 bits per heavy atom. The molecule has 1 aliphatic rings. The van der Waals surface area contributed by atoms with E-state index in [9.17, 15) is 14.7 Å². The number of benzene rings is 1. The molecule has 5 heteroatoms. The number of carbonyl (C=O) groups excluding carboxylic acids is 1. The predicted molar refractivity (Wildman–Crippen MR) is 69.8 cm³/mol. The third-order valence-corrected chi connectivity index (χ3v) is 3.57. The number of aromatic hydroxyl groups is 1. The average molecular weight is 263 g/mol. The summed E-state index contributed by atoms with van der Waals surface area (Å²) in [5, 5.41) is 21.1. The Kier molecular flexibility index (Phi) is 3.74. The van der Waals surface area contributed by atoms with Crippen molar-refractivity contribution in [3.63, 3.8) is 0 Å². The number of nitrogens with one attached hydrogen (secondary N) is 1. The van der Waals surface area contributed by atoms with Gasteiger partial charge in [-0.15, -0.1) is 0 Å². The van der Waals surface area contributed by atoms with Crippen LogP contribution in [0.15, 0.2) is 24.3 Å². The van der Waals surface area contributed by atoms with Crippen LogP contribution in [-0.4, -0.2) is 22.1 Å². The van der Waals surface area contributed by atoms with Crippen molar-refractivity contribution in [2.45, 2.75) is 19.8 Å². The number of hydrogen-bond donors (Lipinski definition) is 3. The van der Waals surface area contributed by atoms with Crippen molar-refractivity contribution in [3.8, 4) is 5.75 Å². The number of amides is 1. The van der Waals surface area contributed by atoms with Gasteiger partial charge in [-0.2, -0.15) is 0 Å². The van der Waals surface area contributed by atoms with Crippen LogP contribution in [0.2, 0.25) is 0 Å². The van der Waals surface area contributed by atoms with Crippen molar-refractivity contribution >= 4 is 17.6 Å². The van der Waals surface area contributed by atoms with Gasteiger partial charge in [-0.3, -0.25) is 9.59 Å². The molecule has 0 heterocycles. The molecule has 1 saturated carbocycles. The fraction of sp³-hybridized carbons (Fsp3) is 0.429. The monoisotopic (exact) mass is 263 g/mol. The summed E-state index contributed by atoms with van der Waals surface area (Å²) in [5.41, 5.74) is 0.480. The first-order valence-corrected chi connectivity index (χ1v) is 6.30. The quantitative estimate of drug-likeness (QED) is 0.779. The number of rotatable bonds is 3. The van der Waals surface area contributed by atoms with Crippen molar-refractivity contribution in [2.24, 2.45) is 17.8 Å². The number of phenols is 1. The first-order chi connectivity index (χ1) is 8.97. The number of anilines is 1. The Hall–Kier alpha value is -2.04. The fourth-order valence-electron chi connectivity index (χ4n) is 2.67. The van der Waals surface area contributed by atoms with Gasteiger partial charge in [0.15, 0.2) is 0 Å². The highest BCUT2D eigenvalue weighted by Gasteiger charge is 2.41. The van der Waals surface area contributed by atoms with E-state index in [0.29, 0.717) is 18.5 Å². The Morgan fingerprint density at radius 3 is 2.58 bits per heavy atom. The summed E-state index contributed by atoms with van der Waals surface area (Å²) in [4.78, 5) is 23.3. The molecule has 0 radical (unpaired) electrons. The molecule has 1 amide bonds. The van der Waals surface area contributed by atoms with Crippen LogP contribution in [0.4, 0.5) is 5.69 Å². The lowest BCUT2D eigenvalue weighted by Gasteiger charge is -2.15. The highest BCUT2D eigenvalue weighted by atomic mass is 16.4. The van der Waals surface area contributed by atoms with Gasteiger partial charge in [0.2, 0.25) is 5.91 Å². The molecule has 0 saturated heterocycles. The molecule has 5 nitrogen and oxygen atoms in total. The lowest BCUT2D eigenvalue weighted by Crippen LogP contribution is -2.29. The molecule has 2 rings (SSSR count). The van der Waals surface area contributed by atoms with Crippen molar-refractivity contribution in [1.29, 1.82) is 0 Å². The molecule has 102 valence electrons. The van der Waals surface area contributed by atoms with Crippen molar-refractivity contribution < 1.29 is 19.8 Å². The molecular formula is C14H17NO4. The lowest BCUT2D eigenvalue weighted by molar-refractivity contribution is -0.145. The summed E-state index contributed by atoms with van der Waals surface area (Å²) in [6.45, 7) is 1.96. The number of aliphatic carboxylic acids is 1. The molecule has 0 spiro atoms. The molecule has 3 N–H and O–H groups in total. The zero-order chi connectivity index (χ0) is 14.0. The fourth-order valence-corrected chi connectivity index (χ4v) is 2.67. The van der Waals surface area contributed by atoms with E-state index in [1.54, 1.807) is 12.1 Å². The predicted octanol–water partition coefficient (Wildman–Crippen LogP) is 2.08. The number of phenolic OH excluding ortho intramolecular Hbond substituents is 1. The van der Waals surface area contributed by atoms with E-state index in [0.717, 1.165) is 0 Å². The van der Waals surface area contributed by atoms with Crippen LogP contribution in [-0.2, 0) is 9.59 Å². The van der Waals surface area contributed by atoms with Crippen molar-refractivity contribution in [2.75, 3.05) is 5.32 Å². The zero-order valence-electron chi connectivity index (χ0n) is 10.7. The molecule has 19 heavy (non-hydrogen) atoms. The van der Waals surface area contributed by atoms with Gasteiger partial charge < -0.3 is 15.5 Å². The van der Waals surface area contributed by atoms with E-state index in [-0.39, 0.29) is 17.6 Å². The van der Waals surface area contributed by atoms with E-state index in [1.807, 2.05) is 6.92 Å². The Balaban J connectivity index is 2.09.